The third kappa shape index (κ3) is 10.2. The topological polar surface area (TPSA) is 37.3 Å². The van der Waals surface area contributed by atoms with Crippen molar-refractivity contribution in [3.05, 3.63) is 0 Å². The minimum Gasteiger partial charge on any atom is -0.481 e. The normalized spacial score (nSPS) is 15.5. The molecule has 0 aromatic rings. The molecule has 0 fully saturated rings. The smallest absolute Gasteiger partial charge is 0.306 e. The maximum absolute atomic E-state index is 11.7. The summed E-state index contributed by atoms with van der Waals surface area (Å²) >= 11 is 0. The van der Waals surface area contributed by atoms with Crippen molar-refractivity contribution in [2.75, 3.05) is 0 Å². The summed E-state index contributed by atoms with van der Waals surface area (Å²) in [6.07, 6.45) is 14.3. The average Bonchev–Trinajstić information content (AvgIpc) is 2.49. The van der Waals surface area contributed by atoms with E-state index in [9.17, 15) is 9.90 Å². The van der Waals surface area contributed by atoms with Crippen molar-refractivity contribution in [1.82, 2.24) is 0 Å². The van der Waals surface area contributed by atoms with Gasteiger partial charge < -0.3 is 5.11 Å². The van der Waals surface area contributed by atoms with E-state index in [2.05, 4.69) is 27.7 Å². The summed E-state index contributed by atoms with van der Waals surface area (Å²) in [5, 5.41) is 9.63. The van der Waals surface area contributed by atoms with Crippen LogP contribution in [-0.4, -0.2) is 11.1 Å². The Bertz CT molecular complexity index is 262. The summed E-state index contributed by atoms with van der Waals surface area (Å²) in [5.41, 5.74) is 0. The van der Waals surface area contributed by atoms with E-state index >= 15 is 0 Å². The molecule has 0 aliphatic heterocycles. The fraction of sp³-hybridized carbons (Fsp3) is 0.950. The summed E-state index contributed by atoms with van der Waals surface area (Å²) in [6.45, 7) is 8.82. The van der Waals surface area contributed by atoms with Gasteiger partial charge in [0.05, 0.1) is 5.92 Å². The quantitative estimate of drug-likeness (QED) is 0.342. The molecule has 0 aromatic carbocycles. The molecular weight excluding hydrogens is 272 g/mol. The Kier molecular flexibility index (Phi) is 13.7. The van der Waals surface area contributed by atoms with Gasteiger partial charge in [-0.1, -0.05) is 91.9 Å². The van der Waals surface area contributed by atoms with E-state index in [1.807, 2.05) is 0 Å². The van der Waals surface area contributed by atoms with Gasteiger partial charge in [0.15, 0.2) is 0 Å². The largest absolute Gasteiger partial charge is 0.481 e. The number of unbranched alkanes of at least 4 members (excludes halogenated alkanes) is 5. The molecule has 2 heteroatoms. The zero-order valence-electron chi connectivity index (χ0n) is 15.6. The summed E-state index contributed by atoms with van der Waals surface area (Å²) in [7, 11) is 0. The SMILES string of the molecule is CCCCCCCC(C)C(CC(CCC)CCCC)C(=O)O. The Morgan fingerprint density at radius 2 is 1.45 bits per heavy atom. The van der Waals surface area contributed by atoms with Crippen LogP contribution < -0.4 is 0 Å². The predicted molar refractivity (Wildman–Crippen MR) is 96.2 cm³/mol. The number of hydrogen-bond acceptors (Lipinski definition) is 1. The standard InChI is InChI=1S/C20H40O2/c1-5-8-10-11-12-14-17(4)19(20(21)22)16-18(13-7-3)15-9-6-2/h17-19H,5-16H2,1-4H3,(H,21,22). The third-order valence-electron chi connectivity index (χ3n) is 5.02. The first-order valence-electron chi connectivity index (χ1n) is 9.79. The van der Waals surface area contributed by atoms with Crippen molar-refractivity contribution in [1.29, 1.82) is 0 Å². The Balaban J connectivity index is 4.32. The molecule has 0 saturated heterocycles. The molecular formula is C20H40O2. The van der Waals surface area contributed by atoms with Gasteiger partial charge in [0.25, 0.3) is 0 Å². The fourth-order valence-electron chi connectivity index (χ4n) is 3.49. The summed E-state index contributed by atoms with van der Waals surface area (Å²) in [4.78, 5) is 11.7. The minimum absolute atomic E-state index is 0.139. The van der Waals surface area contributed by atoms with Gasteiger partial charge >= 0.3 is 5.97 Å². The van der Waals surface area contributed by atoms with Crippen molar-refractivity contribution in [3.8, 4) is 0 Å². The molecule has 0 aromatic heterocycles. The highest BCUT2D eigenvalue weighted by Crippen LogP contribution is 2.30. The Morgan fingerprint density at radius 3 is 2.00 bits per heavy atom. The Morgan fingerprint density at radius 1 is 0.818 bits per heavy atom. The maximum atomic E-state index is 11.7. The third-order valence-corrected chi connectivity index (χ3v) is 5.02. The lowest BCUT2D eigenvalue weighted by atomic mass is 9.80. The van der Waals surface area contributed by atoms with Crippen LogP contribution in [0.1, 0.15) is 105 Å². The molecule has 0 bridgehead atoms. The van der Waals surface area contributed by atoms with Crippen LogP contribution in [0.5, 0.6) is 0 Å². The van der Waals surface area contributed by atoms with E-state index < -0.39 is 5.97 Å². The first kappa shape index (κ1) is 21.5. The number of rotatable bonds is 15. The highest BCUT2D eigenvalue weighted by atomic mass is 16.4. The van der Waals surface area contributed by atoms with Gasteiger partial charge in [-0.05, 0) is 24.7 Å². The lowest BCUT2D eigenvalue weighted by Crippen LogP contribution is -2.25. The van der Waals surface area contributed by atoms with Crippen LogP contribution >= 0.6 is 0 Å². The number of aliphatic carboxylic acids is 1. The molecule has 0 rings (SSSR count). The molecule has 0 spiro atoms. The van der Waals surface area contributed by atoms with Gasteiger partial charge in [0.1, 0.15) is 0 Å². The second-order valence-electron chi connectivity index (χ2n) is 7.16. The Labute approximate surface area is 139 Å². The van der Waals surface area contributed by atoms with Crippen LogP contribution in [0.4, 0.5) is 0 Å². The van der Waals surface area contributed by atoms with Gasteiger partial charge in [-0.25, -0.2) is 0 Å². The van der Waals surface area contributed by atoms with Crippen LogP contribution in [-0.2, 0) is 4.79 Å². The lowest BCUT2D eigenvalue weighted by Gasteiger charge is -2.25. The zero-order valence-corrected chi connectivity index (χ0v) is 15.6. The molecule has 0 radical (unpaired) electrons. The van der Waals surface area contributed by atoms with E-state index in [0.29, 0.717) is 11.8 Å². The van der Waals surface area contributed by atoms with Crippen molar-refractivity contribution in [2.24, 2.45) is 17.8 Å². The second-order valence-corrected chi connectivity index (χ2v) is 7.16. The molecule has 0 aliphatic carbocycles. The molecule has 0 aliphatic rings. The van der Waals surface area contributed by atoms with E-state index in [0.717, 1.165) is 12.8 Å². The molecule has 0 saturated carbocycles. The highest BCUT2D eigenvalue weighted by molar-refractivity contribution is 5.70. The Hall–Kier alpha value is -0.530. The van der Waals surface area contributed by atoms with E-state index in [-0.39, 0.29) is 5.92 Å². The van der Waals surface area contributed by atoms with Crippen molar-refractivity contribution >= 4 is 5.97 Å². The number of carboxylic acids is 1. The molecule has 22 heavy (non-hydrogen) atoms. The van der Waals surface area contributed by atoms with Crippen LogP contribution in [0, 0.1) is 17.8 Å². The maximum Gasteiger partial charge on any atom is 0.306 e. The number of carboxylic acid groups (broad SMARTS) is 1. The minimum atomic E-state index is -0.571. The van der Waals surface area contributed by atoms with Crippen molar-refractivity contribution < 1.29 is 9.90 Å². The van der Waals surface area contributed by atoms with Crippen molar-refractivity contribution in [3.63, 3.8) is 0 Å². The molecule has 1 N–H and O–H groups in total. The highest BCUT2D eigenvalue weighted by Gasteiger charge is 2.27. The first-order chi connectivity index (χ1) is 10.6. The average molecular weight is 313 g/mol. The molecule has 3 atom stereocenters. The number of carbonyl (C=O) groups is 1. The van der Waals surface area contributed by atoms with E-state index in [1.54, 1.807) is 0 Å². The van der Waals surface area contributed by atoms with E-state index in [1.165, 1.54) is 64.2 Å². The summed E-state index contributed by atoms with van der Waals surface area (Å²) in [5.74, 6) is 0.215. The molecule has 0 amide bonds. The van der Waals surface area contributed by atoms with Crippen molar-refractivity contribution in [2.45, 2.75) is 105 Å². The van der Waals surface area contributed by atoms with Gasteiger partial charge in [-0.2, -0.15) is 0 Å². The summed E-state index contributed by atoms with van der Waals surface area (Å²) in [6, 6.07) is 0. The van der Waals surface area contributed by atoms with Crippen LogP contribution in [0.2, 0.25) is 0 Å². The van der Waals surface area contributed by atoms with Crippen LogP contribution in [0.3, 0.4) is 0 Å². The van der Waals surface area contributed by atoms with Crippen LogP contribution in [0.15, 0.2) is 0 Å². The molecule has 132 valence electrons. The lowest BCUT2D eigenvalue weighted by molar-refractivity contribution is -0.144. The van der Waals surface area contributed by atoms with E-state index in [4.69, 9.17) is 0 Å². The summed E-state index contributed by atoms with van der Waals surface area (Å²) < 4.78 is 0. The van der Waals surface area contributed by atoms with Gasteiger partial charge in [-0.3, -0.25) is 4.79 Å². The number of hydrogen-bond donors (Lipinski definition) is 1. The fourth-order valence-corrected chi connectivity index (χ4v) is 3.49. The molecule has 0 heterocycles. The molecule has 3 unspecified atom stereocenters. The first-order valence-corrected chi connectivity index (χ1v) is 9.79. The monoisotopic (exact) mass is 312 g/mol. The second kappa shape index (κ2) is 14.1. The van der Waals surface area contributed by atoms with Gasteiger partial charge in [0.2, 0.25) is 0 Å². The predicted octanol–water partition coefficient (Wildman–Crippen LogP) is 6.68. The molecule has 2 nitrogen and oxygen atoms in total. The van der Waals surface area contributed by atoms with Crippen LogP contribution in [0.25, 0.3) is 0 Å². The zero-order chi connectivity index (χ0) is 16.8. The van der Waals surface area contributed by atoms with Gasteiger partial charge in [-0.15, -0.1) is 0 Å². The van der Waals surface area contributed by atoms with Gasteiger partial charge in [0, 0.05) is 0 Å².